The molecule has 1 heterocycles. The highest BCUT2D eigenvalue weighted by atomic mass is 32.2. The standard InChI is InChI=1S/C24H32N2O4S/c1-17-10-13-26(14-11-17)31(28,29)21-9-8-19(3)22(16-21)24(27)25-12-15-30-23-7-5-6-18(2)20(23)4/h5-9,16-17H,10-15H2,1-4H3,(H,25,27). The van der Waals surface area contributed by atoms with E-state index < -0.39 is 10.0 Å². The molecule has 0 aliphatic carbocycles. The number of nitrogens with one attached hydrogen (secondary N) is 1. The van der Waals surface area contributed by atoms with E-state index in [9.17, 15) is 13.2 Å². The third-order valence-corrected chi connectivity index (χ3v) is 7.93. The summed E-state index contributed by atoms with van der Waals surface area (Å²) in [7, 11) is -3.60. The lowest BCUT2D eigenvalue weighted by molar-refractivity contribution is 0.0946. The van der Waals surface area contributed by atoms with Crippen LogP contribution in [0.3, 0.4) is 0 Å². The van der Waals surface area contributed by atoms with Crippen LogP contribution in [0.5, 0.6) is 5.75 Å². The number of carbonyl (C=O) groups excluding carboxylic acids is 1. The van der Waals surface area contributed by atoms with E-state index in [1.807, 2.05) is 32.0 Å². The number of nitrogens with zero attached hydrogens (tertiary/aromatic N) is 1. The van der Waals surface area contributed by atoms with Crippen molar-refractivity contribution in [2.24, 2.45) is 5.92 Å². The number of piperidine rings is 1. The molecule has 0 saturated carbocycles. The molecule has 0 radical (unpaired) electrons. The van der Waals surface area contributed by atoms with Gasteiger partial charge in [-0.15, -0.1) is 0 Å². The quantitative estimate of drug-likeness (QED) is 0.659. The minimum Gasteiger partial charge on any atom is -0.491 e. The zero-order chi connectivity index (χ0) is 22.6. The third-order valence-electron chi connectivity index (χ3n) is 6.03. The molecule has 1 saturated heterocycles. The molecule has 0 spiro atoms. The molecule has 1 aliphatic rings. The van der Waals surface area contributed by atoms with E-state index in [-0.39, 0.29) is 10.8 Å². The fraction of sp³-hybridized carbons (Fsp3) is 0.458. The maximum atomic E-state index is 13.0. The molecule has 1 fully saturated rings. The van der Waals surface area contributed by atoms with Crippen LogP contribution in [0.25, 0.3) is 0 Å². The van der Waals surface area contributed by atoms with Gasteiger partial charge in [-0.3, -0.25) is 4.79 Å². The van der Waals surface area contributed by atoms with E-state index in [2.05, 4.69) is 12.2 Å². The SMILES string of the molecule is Cc1ccc(S(=O)(=O)N2CCC(C)CC2)cc1C(=O)NCCOc1cccc(C)c1C. The number of carbonyl (C=O) groups is 1. The molecule has 1 N–H and O–H groups in total. The van der Waals surface area contributed by atoms with Crippen LogP contribution in [-0.4, -0.2) is 44.9 Å². The molecule has 0 aromatic heterocycles. The monoisotopic (exact) mass is 444 g/mol. The van der Waals surface area contributed by atoms with Crippen molar-refractivity contribution in [3.63, 3.8) is 0 Å². The zero-order valence-electron chi connectivity index (χ0n) is 18.8. The van der Waals surface area contributed by atoms with Gasteiger partial charge in [-0.2, -0.15) is 4.31 Å². The van der Waals surface area contributed by atoms with Gasteiger partial charge in [0.05, 0.1) is 11.4 Å². The van der Waals surface area contributed by atoms with Crippen molar-refractivity contribution in [1.82, 2.24) is 9.62 Å². The molecular weight excluding hydrogens is 412 g/mol. The highest BCUT2D eigenvalue weighted by Crippen LogP contribution is 2.25. The summed E-state index contributed by atoms with van der Waals surface area (Å²) >= 11 is 0. The van der Waals surface area contributed by atoms with E-state index >= 15 is 0 Å². The van der Waals surface area contributed by atoms with Crippen molar-refractivity contribution in [3.05, 3.63) is 58.7 Å². The predicted molar refractivity (Wildman–Crippen MR) is 122 cm³/mol. The minimum atomic E-state index is -3.60. The van der Waals surface area contributed by atoms with Gasteiger partial charge in [-0.05, 0) is 74.4 Å². The molecule has 2 aromatic carbocycles. The molecule has 0 unspecified atom stereocenters. The van der Waals surface area contributed by atoms with Gasteiger partial charge in [-0.25, -0.2) is 8.42 Å². The summed E-state index contributed by atoms with van der Waals surface area (Å²) in [5.41, 5.74) is 3.34. The van der Waals surface area contributed by atoms with Crippen molar-refractivity contribution in [2.75, 3.05) is 26.2 Å². The molecule has 7 heteroatoms. The van der Waals surface area contributed by atoms with Crippen molar-refractivity contribution < 1.29 is 17.9 Å². The number of ether oxygens (including phenoxy) is 1. The van der Waals surface area contributed by atoms with Crippen LogP contribution in [-0.2, 0) is 10.0 Å². The van der Waals surface area contributed by atoms with E-state index in [1.54, 1.807) is 19.1 Å². The number of benzene rings is 2. The second-order valence-electron chi connectivity index (χ2n) is 8.37. The van der Waals surface area contributed by atoms with Gasteiger partial charge in [0.2, 0.25) is 10.0 Å². The molecule has 0 atom stereocenters. The first-order chi connectivity index (χ1) is 14.7. The van der Waals surface area contributed by atoms with Crippen molar-refractivity contribution >= 4 is 15.9 Å². The summed E-state index contributed by atoms with van der Waals surface area (Å²) in [6.07, 6.45) is 1.72. The van der Waals surface area contributed by atoms with E-state index in [0.29, 0.717) is 37.7 Å². The molecular formula is C24H32N2O4S. The lowest BCUT2D eigenvalue weighted by atomic mass is 10.0. The number of hydrogen-bond donors (Lipinski definition) is 1. The molecule has 1 aliphatic heterocycles. The summed E-state index contributed by atoms with van der Waals surface area (Å²) in [6.45, 7) is 9.68. The van der Waals surface area contributed by atoms with Crippen LogP contribution in [0.1, 0.15) is 46.8 Å². The Morgan fingerprint density at radius 3 is 2.52 bits per heavy atom. The van der Waals surface area contributed by atoms with Gasteiger partial charge in [0.15, 0.2) is 0 Å². The van der Waals surface area contributed by atoms with Gasteiger partial charge >= 0.3 is 0 Å². The van der Waals surface area contributed by atoms with Crippen LogP contribution >= 0.6 is 0 Å². The molecule has 3 rings (SSSR count). The van der Waals surface area contributed by atoms with Crippen LogP contribution in [0.4, 0.5) is 0 Å². The lowest BCUT2D eigenvalue weighted by Crippen LogP contribution is -2.38. The van der Waals surface area contributed by atoms with Crippen LogP contribution in [0.15, 0.2) is 41.3 Å². The van der Waals surface area contributed by atoms with E-state index in [0.717, 1.165) is 35.3 Å². The Balaban J connectivity index is 1.64. The Morgan fingerprint density at radius 1 is 1.10 bits per heavy atom. The Kier molecular flexibility index (Phi) is 7.38. The molecule has 2 aromatic rings. The van der Waals surface area contributed by atoms with Gasteiger partial charge < -0.3 is 10.1 Å². The molecule has 6 nitrogen and oxygen atoms in total. The third kappa shape index (κ3) is 5.46. The van der Waals surface area contributed by atoms with Crippen LogP contribution in [0.2, 0.25) is 0 Å². The van der Waals surface area contributed by atoms with Gasteiger partial charge in [0.1, 0.15) is 12.4 Å². The number of sulfonamides is 1. The Bertz CT molecular complexity index is 1040. The first kappa shape index (κ1) is 23.3. The molecule has 1 amide bonds. The molecule has 31 heavy (non-hydrogen) atoms. The highest BCUT2D eigenvalue weighted by Gasteiger charge is 2.28. The van der Waals surface area contributed by atoms with Crippen molar-refractivity contribution in [2.45, 2.75) is 45.4 Å². The van der Waals surface area contributed by atoms with E-state index in [4.69, 9.17) is 4.74 Å². The Hall–Kier alpha value is -2.38. The minimum absolute atomic E-state index is 0.171. The van der Waals surface area contributed by atoms with Crippen molar-refractivity contribution in [3.8, 4) is 5.75 Å². The second-order valence-corrected chi connectivity index (χ2v) is 10.3. The zero-order valence-corrected chi connectivity index (χ0v) is 19.6. The maximum Gasteiger partial charge on any atom is 0.251 e. The number of amides is 1. The average Bonchev–Trinajstić information content (AvgIpc) is 2.74. The summed E-state index contributed by atoms with van der Waals surface area (Å²) in [6, 6.07) is 10.6. The maximum absolute atomic E-state index is 13.0. The average molecular weight is 445 g/mol. The smallest absolute Gasteiger partial charge is 0.251 e. The van der Waals surface area contributed by atoms with Gasteiger partial charge in [0.25, 0.3) is 5.91 Å². The molecule has 0 bridgehead atoms. The molecule has 168 valence electrons. The normalized spacial score (nSPS) is 15.6. The Labute approximate surface area is 185 Å². The lowest BCUT2D eigenvalue weighted by Gasteiger charge is -2.29. The van der Waals surface area contributed by atoms with Gasteiger partial charge in [0, 0.05) is 18.7 Å². The first-order valence-corrected chi connectivity index (χ1v) is 12.2. The predicted octanol–water partition coefficient (Wildman–Crippen LogP) is 3.84. The topological polar surface area (TPSA) is 75.7 Å². The fourth-order valence-electron chi connectivity index (χ4n) is 3.68. The first-order valence-electron chi connectivity index (χ1n) is 10.8. The summed E-state index contributed by atoms with van der Waals surface area (Å²) < 4.78 is 33.4. The fourth-order valence-corrected chi connectivity index (χ4v) is 5.18. The number of hydrogen-bond acceptors (Lipinski definition) is 4. The van der Waals surface area contributed by atoms with Gasteiger partial charge in [-0.1, -0.05) is 25.1 Å². The summed E-state index contributed by atoms with van der Waals surface area (Å²) in [5, 5.41) is 2.84. The Morgan fingerprint density at radius 2 is 1.81 bits per heavy atom. The number of rotatable bonds is 7. The second kappa shape index (κ2) is 9.83. The van der Waals surface area contributed by atoms with Crippen LogP contribution in [0, 0.1) is 26.7 Å². The van der Waals surface area contributed by atoms with E-state index in [1.165, 1.54) is 10.4 Å². The number of aryl methyl sites for hydroxylation is 2. The van der Waals surface area contributed by atoms with Crippen molar-refractivity contribution in [1.29, 1.82) is 0 Å². The largest absolute Gasteiger partial charge is 0.491 e. The summed E-state index contributed by atoms with van der Waals surface area (Å²) in [4.78, 5) is 12.9. The van der Waals surface area contributed by atoms with Crippen LogP contribution < -0.4 is 10.1 Å². The summed E-state index contributed by atoms with van der Waals surface area (Å²) in [5.74, 6) is 1.04. The highest BCUT2D eigenvalue weighted by molar-refractivity contribution is 7.89.